The minimum absolute atomic E-state index is 0.0335. The van der Waals surface area contributed by atoms with Crippen LogP contribution in [0.2, 0.25) is 0 Å². The summed E-state index contributed by atoms with van der Waals surface area (Å²) in [7, 11) is -3.77. The topological polar surface area (TPSA) is 108 Å². The van der Waals surface area contributed by atoms with Crippen LogP contribution in [0, 0.1) is 0 Å². The molecular weight excluding hydrogens is 249 g/mol. The Hall–Kier alpha value is -1.51. The van der Waals surface area contributed by atoms with Gasteiger partial charge >= 0.3 is 0 Å². The summed E-state index contributed by atoms with van der Waals surface area (Å²) in [5.41, 5.74) is 5.49. The molecule has 0 saturated heterocycles. The van der Waals surface area contributed by atoms with Crippen LogP contribution in [-0.4, -0.2) is 26.6 Å². The summed E-state index contributed by atoms with van der Waals surface area (Å²) in [5, 5.41) is 4.89. The number of sulfonamides is 1. The lowest BCUT2D eigenvalue weighted by Gasteiger charge is -2.06. The molecule has 0 saturated carbocycles. The zero-order valence-electron chi connectivity index (χ0n) is 8.84. The van der Waals surface area contributed by atoms with Gasteiger partial charge in [0.05, 0.1) is 12.5 Å². The summed E-state index contributed by atoms with van der Waals surface area (Å²) in [5.74, 6) is 0.158. The molecule has 0 bridgehead atoms. The van der Waals surface area contributed by atoms with E-state index in [-0.39, 0.29) is 29.5 Å². The first-order chi connectivity index (χ1) is 7.97. The van der Waals surface area contributed by atoms with Crippen LogP contribution in [-0.2, 0) is 10.0 Å². The van der Waals surface area contributed by atoms with Gasteiger partial charge in [-0.3, -0.25) is 0 Å². The van der Waals surface area contributed by atoms with Gasteiger partial charge in [0.25, 0.3) is 0 Å². The molecular formula is C9H12FN3O3S. The predicted octanol–water partition coefficient (Wildman–Crippen LogP) is -0.0801. The van der Waals surface area contributed by atoms with Gasteiger partial charge < -0.3 is 10.5 Å². The lowest BCUT2D eigenvalue weighted by atomic mass is 10.3. The molecule has 17 heavy (non-hydrogen) atoms. The Bertz CT molecular complexity index is 499. The van der Waals surface area contributed by atoms with Crippen LogP contribution in [0.3, 0.4) is 0 Å². The zero-order valence-corrected chi connectivity index (χ0v) is 9.65. The Labute approximate surface area is 98.1 Å². The van der Waals surface area contributed by atoms with Crippen LogP contribution < -0.4 is 15.6 Å². The molecule has 1 heterocycles. The molecule has 4 N–H and O–H groups in total. The maximum atomic E-state index is 12.1. The van der Waals surface area contributed by atoms with Crippen molar-refractivity contribution in [3.63, 3.8) is 0 Å². The first-order valence-electron chi connectivity index (χ1n) is 4.57. The maximum absolute atomic E-state index is 12.1. The fourth-order valence-corrected chi connectivity index (χ4v) is 1.38. The van der Waals surface area contributed by atoms with Gasteiger partial charge in [0, 0.05) is 18.2 Å². The second-order valence-electron chi connectivity index (χ2n) is 3.14. The van der Waals surface area contributed by atoms with Crippen molar-refractivity contribution >= 4 is 10.0 Å². The number of halogens is 1. The summed E-state index contributed by atoms with van der Waals surface area (Å²) in [6.45, 7) is -0.0134. The van der Waals surface area contributed by atoms with Crippen molar-refractivity contribution in [1.29, 1.82) is 0 Å². The van der Waals surface area contributed by atoms with Crippen molar-refractivity contribution in [1.82, 2.24) is 4.98 Å². The molecule has 0 fully saturated rings. The van der Waals surface area contributed by atoms with E-state index in [0.29, 0.717) is 6.33 Å². The SMILES string of the molecule is NC/C(=C\F)COc1ccc(S(N)(=O)=O)cn1. The van der Waals surface area contributed by atoms with E-state index in [0.717, 1.165) is 6.20 Å². The van der Waals surface area contributed by atoms with Crippen LogP contribution >= 0.6 is 0 Å². The minimum atomic E-state index is -3.77. The Kier molecular flexibility index (Phi) is 4.55. The highest BCUT2D eigenvalue weighted by Gasteiger charge is 2.08. The van der Waals surface area contributed by atoms with Crippen LogP contribution in [0.15, 0.2) is 35.1 Å². The van der Waals surface area contributed by atoms with Crippen molar-refractivity contribution < 1.29 is 17.5 Å². The third kappa shape index (κ3) is 4.10. The van der Waals surface area contributed by atoms with Gasteiger partial charge in [0.15, 0.2) is 0 Å². The molecule has 0 amide bonds. The van der Waals surface area contributed by atoms with E-state index in [9.17, 15) is 12.8 Å². The third-order valence-electron chi connectivity index (χ3n) is 1.86. The lowest BCUT2D eigenvalue weighted by Crippen LogP contribution is -2.13. The number of pyridine rings is 1. The van der Waals surface area contributed by atoms with Gasteiger partial charge in [0.1, 0.15) is 11.5 Å². The predicted molar refractivity (Wildman–Crippen MR) is 59.4 cm³/mol. The van der Waals surface area contributed by atoms with Crippen molar-refractivity contribution in [2.75, 3.05) is 13.2 Å². The summed E-state index contributed by atoms with van der Waals surface area (Å²) < 4.78 is 39.1. The van der Waals surface area contributed by atoms with E-state index in [4.69, 9.17) is 15.6 Å². The Morgan fingerprint density at radius 3 is 2.65 bits per heavy atom. The highest BCUT2D eigenvalue weighted by Crippen LogP contribution is 2.11. The number of hydrogen-bond donors (Lipinski definition) is 2. The van der Waals surface area contributed by atoms with Crippen LogP contribution in [0.4, 0.5) is 4.39 Å². The molecule has 0 aliphatic rings. The second-order valence-corrected chi connectivity index (χ2v) is 4.70. The minimum Gasteiger partial charge on any atom is -0.473 e. The Morgan fingerprint density at radius 1 is 1.53 bits per heavy atom. The smallest absolute Gasteiger partial charge is 0.239 e. The molecule has 1 aromatic heterocycles. The summed E-state index contributed by atoms with van der Waals surface area (Å²) in [4.78, 5) is 3.59. The molecule has 0 aromatic carbocycles. The van der Waals surface area contributed by atoms with Crippen LogP contribution in [0.5, 0.6) is 5.88 Å². The van der Waals surface area contributed by atoms with Crippen LogP contribution in [0.25, 0.3) is 0 Å². The standard InChI is InChI=1S/C9H12FN3O3S/c10-3-7(4-11)6-16-9-2-1-8(5-13-9)17(12,14)15/h1-3,5H,4,6,11H2,(H2,12,14,15)/b7-3+. The monoisotopic (exact) mass is 261 g/mol. The van der Waals surface area contributed by atoms with Gasteiger partial charge in [0.2, 0.25) is 15.9 Å². The van der Waals surface area contributed by atoms with Gasteiger partial charge in [-0.25, -0.2) is 22.9 Å². The first kappa shape index (κ1) is 13.6. The molecule has 0 spiro atoms. The molecule has 6 nitrogen and oxygen atoms in total. The lowest BCUT2D eigenvalue weighted by molar-refractivity contribution is 0.333. The highest BCUT2D eigenvalue weighted by atomic mass is 32.2. The van der Waals surface area contributed by atoms with Crippen LogP contribution in [0.1, 0.15) is 0 Å². The van der Waals surface area contributed by atoms with E-state index in [1.54, 1.807) is 0 Å². The number of hydrogen-bond acceptors (Lipinski definition) is 5. The average Bonchev–Trinajstić information content (AvgIpc) is 2.30. The summed E-state index contributed by atoms with van der Waals surface area (Å²) in [6, 6.07) is 2.57. The molecule has 0 atom stereocenters. The summed E-state index contributed by atoms with van der Waals surface area (Å²) >= 11 is 0. The van der Waals surface area contributed by atoms with Gasteiger partial charge in [-0.15, -0.1) is 0 Å². The third-order valence-corrected chi connectivity index (χ3v) is 2.76. The highest BCUT2D eigenvalue weighted by molar-refractivity contribution is 7.89. The number of aromatic nitrogens is 1. The number of ether oxygens (including phenoxy) is 1. The van der Waals surface area contributed by atoms with Crippen molar-refractivity contribution in [2.24, 2.45) is 10.9 Å². The zero-order chi connectivity index (χ0) is 12.9. The van der Waals surface area contributed by atoms with E-state index >= 15 is 0 Å². The molecule has 1 rings (SSSR count). The Morgan fingerprint density at radius 2 is 2.24 bits per heavy atom. The fraction of sp³-hybridized carbons (Fsp3) is 0.222. The number of primary sulfonamides is 1. The van der Waals surface area contributed by atoms with E-state index in [1.807, 2.05) is 0 Å². The quantitative estimate of drug-likeness (QED) is 0.770. The first-order valence-corrected chi connectivity index (χ1v) is 6.12. The molecule has 0 unspecified atom stereocenters. The van der Waals surface area contributed by atoms with Crippen molar-refractivity contribution in [3.05, 3.63) is 30.2 Å². The molecule has 0 aliphatic carbocycles. The van der Waals surface area contributed by atoms with E-state index < -0.39 is 10.0 Å². The van der Waals surface area contributed by atoms with Crippen molar-refractivity contribution in [3.8, 4) is 5.88 Å². The van der Waals surface area contributed by atoms with Gasteiger partial charge in [-0.05, 0) is 6.07 Å². The number of nitrogens with zero attached hydrogens (tertiary/aromatic N) is 1. The largest absolute Gasteiger partial charge is 0.473 e. The average molecular weight is 261 g/mol. The summed E-state index contributed by atoms with van der Waals surface area (Å²) in [6.07, 6.45) is 1.42. The van der Waals surface area contributed by atoms with E-state index in [1.165, 1.54) is 12.1 Å². The number of rotatable bonds is 5. The molecule has 0 aliphatic heterocycles. The molecule has 0 radical (unpaired) electrons. The van der Waals surface area contributed by atoms with Gasteiger partial charge in [-0.2, -0.15) is 0 Å². The Balaban J connectivity index is 2.70. The fourth-order valence-electron chi connectivity index (χ4n) is 0.922. The molecule has 1 aromatic rings. The maximum Gasteiger partial charge on any atom is 0.239 e. The van der Waals surface area contributed by atoms with Gasteiger partial charge in [-0.1, -0.05) is 0 Å². The van der Waals surface area contributed by atoms with Crippen molar-refractivity contribution in [2.45, 2.75) is 4.90 Å². The molecule has 8 heteroatoms. The molecule has 94 valence electrons. The second kappa shape index (κ2) is 5.71. The van der Waals surface area contributed by atoms with E-state index in [2.05, 4.69) is 4.98 Å². The normalized spacial score (nSPS) is 12.5. The number of nitrogens with two attached hydrogens (primary N) is 2.